The molecule has 0 spiro atoms. The highest BCUT2D eigenvalue weighted by Gasteiger charge is 2.24. The Labute approximate surface area is 310 Å². The first-order valence-electron chi connectivity index (χ1n) is 17.6. The molecule has 8 aromatic carbocycles. The minimum Gasteiger partial charge on any atom is -0.309 e. The van der Waals surface area contributed by atoms with Crippen LogP contribution >= 0.6 is 20.7 Å². The molecule has 4 heteroatoms. The Morgan fingerprint density at radius 3 is 1.79 bits per heavy atom. The van der Waals surface area contributed by atoms with Crippen molar-refractivity contribution in [2.75, 3.05) is 0 Å². The number of rotatable bonds is 4. The Hall–Kier alpha value is -6.11. The summed E-state index contributed by atoms with van der Waals surface area (Å²) >= 11 is -0.525. The van der Waals surface area contributed by atoms with Gasteiger partial charge in [0.1, 0.15) is 5.69 Å². The number of hydrogen-bond donors (Lipinski definition) is 0. The summed E-state index contributed by atoms with van der Waals surface area (Å²) in [6, 6.07) is 66.2. The Morgan fingerprint density at radius 1 is 0.404 bits per heavy atom. The smallest absolute Gasteiger partial charge is 0.101 e. The number of halogens is 1. The lowest BCUT2D eigenvalue weighted by Crippen LogP contribution is -2.17. The van der Waals surface area contributed by atoms with E-state index in [0.717, 1.165) is 28.3 Å². The van der Waals surface area contributed by atoms with Crippen molar-refractivity contribution in [1.82, 2.24) is 9.13 Å². The Bertz CT molecular complexity index is 3100. The highest BCUT2D eigenvalue weighted by Crippen LogP contribution is 2.44. The van der Waals surface area contributed by atoms with Crippen LogP contribution in [0.5, 0.6) is 0 Å². The number of fused-ring (bicyclic) bond motifs is 8. The summed E-state index contributed by atoms with van der Waals surface area (Å²) in [5, 5.41) is 7.50. The van der Waals surface area contributed by atoms with Gasteiger partial charge in [-0.25, -0.2) is 4.99 Å². The number of nitrogens with zero attached hydrogens (tertiary/aromatic N) is 3. The van der Waals surface area contributed by atoms with E-state index < -0.39 is 20.7 Å². The molecule has 3 heterocycles. The van der Waals surface area contributed by atoms with Gasteiger partial charge < -0.3 is 9.13 Å². The van der Waals surface area contributed by atoms with Crippen LogP contribution in [0.1, 0.15) is 11.1 Å². The first-order valence-corrected chi connectivity index (χ1v) is 19.8. The average molecular weight is 776 g/mol. The van der Waals surface area contributed by atoms with Crippen LogP contribution < -0.4 is 0 Å². The van der Waals surface area contributed by atoms with E-state index in [1.807, 2.05) is 0 Å². The first kappa shape index (κ1) is 29.6. The van der Waals surface area contributed by atoms with Gasteiger partial charge in [-0.3, -0.25) is 0 Å². The summed E-state index contributed by atoms with van der Waals surface area (Å²) in [4.78, 5) is 5.62. The molecule has 0 fully saturated rings. The number of aromatic nitrogens is 2. The van der Waals surface area contributed by atoms with Gasteiger partial charge in [0.05, 0.1) is 33.5 Å². The lowest BCUT2D eigenvalue weighted by Gasteiger charge is -2.20. The summed E-state index contributed by atoms with van der Waals surface area (Å²) in [6.45, 7) is 0. The highest BCUT2D eigenvalue weighted by molar-refractivity contribution is 14.2. The summed E-state index contributed by atoms with van der Waals surface area (Å²) in [5.74, 6) is 0. The molecule has 3 nitrogen and oxygen atoms in total. The van der Waals surface area contributed by atoms with Gasteiger partial charge in [0.2, 0.25) is 0 Å². The fraction of sp³-hybridized carbons (Fsp3) is 0. The molecule has 10 aromatic rings. The van der Waals surface area contributed by atoms with E-state index in [1.54, 1.807) is 0 Å². The Balaban J connectivity index is 1.24. The lowest BCUT2D eigenvalue weighted by atomic mass is 10.0. The topological polar surface area (TPSA) is 22.2 Å². The van der Waals surface area contributed by atoms with Crippen molar-refractivity contribution < 1.29 is 0 Å². The SMILES string of the molecule is c1ccc(C2=Nc3c(cccc3-n3c4ccccc4c4cc5c6cc7ccccc7cc6n(-c6ccccc6)c5cc43)I=C2c2ccccc2)cc1. The minimum atomic E-state index is -0.525. The van der Waals surface area contributed by atoms with Crippen LogP contribution in [0.15, 0.2) is 187 Å². The minimum absolute atomic E-state index is 0.525. The molecular formula is C48H30IN3. The average Bonchev–Trinajstić information content (AvgIpc) is 3.70. The molecule has 1 aliphatic heterocycles. The van der Waals surface area contributed by atoms with Crippen LogP contribution in [-0.2, 0) is 0 Å². The van der Waals surface area contributed by atoms with E-state index >= 15 is 0 Å². The van der Waals surface area contributed by atoms with Gasteiger partial charge in [0.15, 0.2) is 0 Å². The predicted octanol–water partition coefficient (Wildman–Crippen LogP) is 12.5. The molecule has 0 bridgehead atoms. The summed E-state index contributed by atoms with van der Waals surface area (Å²) in [6.07, 6.45) is 0. The van der Waals surface area contributed by atoms with E-state index in [1.165, 1.54) is 67.0 Å². The summed E-state index contributed by atoms with van der Waals surface area (Å²) < 4.78 is 7.61. The Morgan fingerprint density at radius 2 is 1.00 bits per heavy atom. The molecule has 0 radical (unpaired) electrons. The Kier molecular flexibility index (Phi) is 6.67. The van der Waals surface area contributed by atoms with E-state index in [0.29, 0.717) is 0 Å². The van der Waals surface area contributed by atoms with E-state index in [-0.39, 0.29) is 0 Å². The standard InChI is InChI=1S/C48H30IN3/c1-4-15-31(16-5-1)46-47(32-17-6-2-7-18-32)50-48-40(49-46)24-14-26-42(48)52-41-25-13-12-23-36(41)38-29-39-37-27-33-19-10-11-20-34(33)28-43(37)51(44(39)30-45(38)52)35-21-8-3-9-22-35/h1-30H. The van der Waals surface area contributed by atoms with Gasteiger partial charge in [-0.2, -0.15) is 0 Å². The van der Waals surface area contributed by atoms with Crippen molar-refractivity contribution >= 4 is 90.0 Å². The van der Waals surface area contributed by atoms with E-state index in [4.69, 9.17) is 4.99 Å². The summed E-state index contributed by atoms with van der Waals surface area (Å²) in [7, 11) is 0. The normalized spacial score (nSPS) is 13.0. The van der Waals surface area contributed by atoms with Crippen LogP contribution in [0, 0.1) is 3.57 Å². The fourth-order valence-corrected chi connectivity index (χ4v) is 11.0. The third-order valence-corrected chi connectivity index (χ3v) is 13.5. The first-order chi connectivity index (χ1) is 25.8. The summed E-state index contributed by atoms with van der Waals surface area (Å²) in [5.41, 5.74) is 11.6. The van der Waals surface area contributed by atoms with Crippen molar-refractivity contribution in [3.8, 4) is 11.4 Å². The van der Waals surface area contributed by atoms with Crippen LogP contribution in [-0.4, -0.2) is 18.4 Å². The molecule has 0 amide bonds. The van der Waals surface area contributed by atoms with Crippen LogP contribution in [0.25, 0.3) is 65.8 Å². The van der Waals surface area contributed by atoms with Crippen LogP contribution in [0.4, 0.5) is 5.69 Å². The molecule has 0 unspecified atom stereocenters. The quantitative estimate of drug-likeness (QED) is 0.159. The number of hydrogen-bond acceptors (Lipinski definition) is 1. The largest absolute Gasteiger partial charge is 0.309 e. The zero-order valence-corrected chi connectivity index (χ0v) is 30.2. The molecule has 2 aromatic heterocycles. The van der Waals surface area contributed by atoms with Gasteiger partial charge >= 0.3 is 0 Å². The molecule has 0 saturated carbocycles. The molecule has 52 heavy (non-hydrogen) atoms. The number of benzene rings is 8. The molecule has 244 valence electrons. The maximum absolute atomic E-state index is 5.62. The van der Waals surface area contributed by atoms with Crippen LogP contribution in [0.3, 0.4) is 0 Å². The number of para-hydroxylation sites is 3. The van der Waals surface area contributed by atoms with Gasteiger partial charge in [0.25, 0.3) is 0 Å². The molecule has 0 atom stereocenters. The predicted molar refractivity (Wildman–Crippen MR) is 229 cm³/mol. The van der Waals surface area contributed by atoms with Gasteiger partial charge in [-0.1, -0.05) is 148 Å². The zero-order valence-electron chi connectivity index (χ0n) is 28.0. The number of aliphatic imine (C=N–C) groups is 1. The molecule has 0 saturated heterocycles. The van der Waals surface area contributed by atoms with Crippen molar-refractivity contribution in [3.63, 3.8) is 0 Å². The molecular weight excluding hydrogens is 745 g/mol. The third kappa shape index (κ3) is 4.50. The molecule has 0 aliphatic carbocycles. The third-order valence-electron chi connectivity index (χ3n) is 10.3. The second-order valence-electron chi connectivity index (χ2n) is 13.3. The molecule has 1 aliphatic rings. The van der Waals surface area contributed by atoms with E-state index in [9.17, 15) is 0 Å². The van der Waals surface area contributed by atoms with Crippen molar-refractivity contribution in [2.45, 2.75) is 0 Å². The fourth-order valence-electron chi connectivity index (χ4n) is 8.02. The highest BCUT2D eigenvalue weighted by atomic mass is 127. The second-order valence-corrected chi connectivity index (χ2v) is 16.1. The lowest BCUT2D eigenvalue weighted by molar-refractivity contribution is 1.16. The van der Waals surface area contributed by atoms with Gasteiger partial charge in [-0.15, -0.1) is 0 Å². The zero-order chi connectivity index (χ0) is 34.2. The van der Waals surface area contributed by atoms with Crippen molar-refractivity contribution in [3.05, 3.63) is 197 Å². The molecule has 0 N–H and O–H groups in total. The van der Waals surface area contributed by atoms with Gasteiger partial charge in [0, 0.05) is 39.9 Å². The van der Waals surface area contributed by atoms with E-state index in [2.05, 4.69) is 191 Å². The van der Waals surface area contributed by atoms with Crippen LogP contribution in [0.2, 0.25) is 0 Å². The maximum atomic E-state index is 5.62. The second kappa shape index (κ2) is 11.7. The maximum Gasteiger partial charge on any atom is 0.101 e. The van der Waals surface area contributed by atoms with Gasteiger partial charge in [-0.05, 0) is 70.9 Å². The van der Waals surface area contributed by atoms with Crippen molar-refractivity contribution in [1.29, 1.82) is 0 Å². The van der Waals surface area contributed by atoms with Crippen molar-refractivity contribution in [2.24, 2.45) is 4.99 Å². The molecule has 11 rings (SSSR count). The monoisotopic (exact) mass is 775 g/mol.